The molecule has 2 aliphatic carbocycles. The molecule has 0 N–H and O–H groups in total. The standard InChI is InChI=1S/C8H12OS/c1-2-6-3-5(1)7-4-9-10-8(6)7/h5-8H,1-4H2. The summed E-state index contributed by atoms with van der Waals surface area (Å²) in [5.41, 5.74) is 0. The van der Waals surface area contributed by atoms with Gasteiger partial charge >= 0.3 is 0 Å². The van der Waals surface area contributed by atoms with Crippen LogP contribution in [0.3, 0.4) is 0 Å². The van der Waals surface area contributed by atoms with Crippen LogP contribution in [0.15, 0.2) is 0 Å². The summed E-state index contributed by atoms with van der Waals surface area (Å²) < 4.78 is 5.41. The molecule has 0 radical (unpaired) electrons. The quantitative estimate of drug-likeness (QED) is 0.497. The van der Waals surface area contributed by atoms with Gasteiger partial charge < -0.3 is 4.18 Å². The fourth-order valence-electron chi connectivity index (χ4n) is 2.94. The smallest absolute Gasteiger partial charge is 0.0656 e. The van der Waals surface area contributed by atoms with Crippen molar-refractivity contribution in [1.29, 1.82) is 0 Å². The minimum atomic E-state index is 0.902. The summed E-state index contributed by atoms with van der Waals surface area (Å²) in [5.74, 6) is 3.02. The Morgan fingerprint density at radius 1 is 1.20 bits per heavy atom. The molecule has 1 saturated heterocycles. The maximum atomic E-state index is 5.41. The number of rotatable bonds is 0. The molecule has 1 nitrogen and oxygen atoms in total. The molecule has 3 rings (SSSR count). The van der Waals surface area contributed by atoms with E-state index in [4.69, 9.17) is 4.18 Å². The molecule has 0 spiro atoms. The molecule has 10 heavy (non-hydrogen) atoms. The van der Waals surface area contributed by atoms with Crippen molar-refractivity contribution in [3.63, 3.8) is 0 Å². The average molecular weight is 156 g/mol. The molecule has 3 aliphatic rings. The SMILES string of the molecule is C1CC2CC1C1COSC21. The zero-order valence-electron chi connectivity index (χ0n) is 5.95. The molecule has 1 heterocycles. The van der Waals surface area contributed by atoms with E-state index < -0.39 is 0 Å². The van der Waals surface area contributed by atoms with Crippen LogP contribution in [-0.2, 0) is 4.18 Å². The Kier molecular flexibility index (Phi) is 1.13. The Bertz CT molecular complexity index is 143. The van der Waals surface area contributed by atoms with E-state index in [2.05, 4.69) is 0 Å². The van der Waals surface area contributed by atoms with E-state index in [1.54, 1.807) is 12.0 Å². The van der Waals surface area contributed by atoms with Gasteiger partial charge in [0.15, 0.2) is 0 Å². The van der Waals surface area contributed by atoms with Crippen molar-refractivity contribution in [2.45, 2.75) is 24.5 Å². The summed E-state index contributed by atoms with van der Waals surface area (Å²) in [6.45, 7) is 1.05. The van der Waals surface area contributed by atoms with Crippen LogP contribution in [0, 0.1) is 17.8 Å². The number of hydrogen-bond donors (Lipinski definition) is 0. The summed E-state index contributed by atoms with van der Waals surface area (Å²) >= 11 is 1.78. The van der Waals surface area contributed by atoms with Gasteiger partial charge in [0.25, 0.3) is 0 Å². The van der Waals surface area contributed by atoms with Gasteiger partial charge in [-0.25, -0.2) is 0 Å². The summed E-state index contributed by atoms with van der Waals surface area (Å²) in [6, 6.07) is 0. The van der Waals surface area contributed by atoms with Crippen molar-refractivity contribution in [1.82, 2.24) is 0 Å². The van der Waals surface area contributed by atoms with Crippen LogP contribution in [0.1, 0.15) is 19.3 Å². The van der Waals surface area contributed by atoms with Crippen molar-refractivity contribution in [2.75, 3.05) is 6.61 Å². The highest BCUT2D eigenvalue weighted by atomic mass is 32.2. The van der Waals surface area contributed by atoms with E-state index in [1.807, 2.05) is 0 Å². The van der Waals surface area contributed by atoms with Gasteiger partial charge in [-0.05, 0) is 43.1 Å². The monoisotopic (exact) mass is 156 g/mol. The first-order valence-electron chi connectivity index (χ1n) is 4.23. The Hall–Kier alpha value is 0.310. The van der Waals surface area contributed by atoms with Crippen LogP contribution in [0.5, 0.6) is 0 Å². The lowest BCUT2D eigenvalue weighted by atomic mass is 9.89. The van der Waals surface area contributed by atoms with E-state index in [1.165, 1.54) is 19.3 Å². The van der Waals surface area contributed by atoms with Crippen molar-refractivity contribution < 1.29 is 4.18 Å². The fourth-order valence-corrected chi connectivity index (χ4v) is 4.18. The first kappa shape index (κ1) is 5.90. The maximum Gasteiger partial charge on any atom is 0.0656 e. The largest absolute Gasteiger partial charge is 0.315 e. The Labute approximate surface area is 65.7 Å². The van der Waals surface area contributed by atoms with Gasteiger partial charge in [0, 0.05) is 11.2 Å². The normalized spacial score (nSPS) is 57.6. The minimum absolute atomic E-state index is 0.902. The fraction of sp³-hybridized carbons (Fsp3) is 1.00. The first-order valence-corrected chi connectivity index (χ1v) is 5.04. The van der Waals surface area contributed by atoms with Gasteiger partial charge in [0.2, 0.25) is 0 Å². The molecular weight excluding hydrogens is 144 g/mol. The maximum absolute atomic E-state index is 5.41. The van der Waals surface area contributed by atoms with Crippen LogP contribution in [0.25, 0.3) is 0 Å². The van der Waals surface area contributed by atoms with E-state index in [-0.39, 0.29) is 0 Å². The summed E-state index contributed by atoms with van der Waals surface area (Å²) in [6.07, 6.45) is 4.50. The molecule has 4 atom stereocenters. The van der Waals surface area contributed by atoms with Gasteiger partial charge in [-0.1, -0.05) is 0 Å². The highest BCUT2D eigenvalue weighted by Crippen LogP contribution is 2.56. The van der Waals surface area contributed by atoms with E-state index in [9.17, 15) is 0 Å². The molecule has 0 aromatic heterocycles. The summed E-state index contributed by atoms with van der Waals surface area (Å²) in [5, 5.41) is 0.902. The van der Waals surface area contributed by atoms with E-state index in [0.29, 0.717) is 0 Å². The number of fused-ring (bicyclic) bond motifs is 5. The topological polar surface area (TPSA) is 9.23 Å². The molecule has 2 saturated carbocycles. The first-order chi connectivity index (χ1) is 4.95. The van der Waals surface area contributed by atoms with Crippen LogP contribution in [0.2, 0.25) is 0 Å². The molecule has 0 aromatic carbocycles. The molecule has 1 aliphatic heterocycles. The van der Waals surface area contributed by atoms with Gasteiger partial charge in [0.05, 0.1) is 6.61 Å². The van der Waals surface area contributed by atoms with Crippen molar-refractivity contribution >= 4 is 12.0 Å². The molecule has 4 unspecified atom stereocenters. The zero-order valence-corrected chi connectivity index (χ0v) is 6.77. The Morgan fingerprint density at radius 2 is 2.10 bits per heavy atom. The van der Waals surface area contributed by atoms with Gasteiger partial charge in [-0.3, -0.25) is 0 Å². The predicted molar refractivity (Wildman–Crippen MR) is 41.7 cm³/mol. The third-order valence-electron chi connectivity index (χ3n) is 3.45. The third-order valence-corrected chi connectivity index (χ3v) is 4.67. The second kappa shape index (κ2) is 1.92. The number of hydrogen-bond acceptors (Lipinski definition) is 2. The molecule has 0 amide bonds. The van der Waals surface area contributed by atoms with E-state index >= 15 is 0 Å². The molecular formula is C8H12OS. The molecule has 3 fully saturated rings. The summed E-state index contributed by atoms with van der Waals surface area (Å²) in [7, 11) is 0. The average Bonchev–Trinajstić information content (AvgIpc) is 2.60. The van der Waals surface area contributed by atoms with Crippen LogP contribution in [0.4, 0.5) is 0 Å². The lowest BCUT2D eigenvalue weighted by Crippen LogP contribution is -2.21. The van der Waals surface area contributed by atoms with Crippen LogP contribution < -0.4 is 0 Å². The Balaban J connectivity index is 1.92. The highest BCUT2D eigenvalue weighted by Gasteiger charge is 2.51. The molecule has 0 aromatic rings. The zero-order chi connectivity index (χ0) is 6.55. The van der Waals surface area contributed by atoms with Gasteiger partial charge in [-0.15, -0.1) is 0 Å². The molecule has 2 heteroatoms. The van der Waals surface area contributed by atoms with Gasteiger partial charge in [-0.2, -0.15) is 0 Å². The predicted octanol–water partition coefficient (Wildman–Crippen LogP) is 2.08. The summed E-state index contributed by atoms with van der Waals surface area (Å²) in [4.78, 5) is 0. The third kappa shape index (κ3) is 0.595. The second-order valence-corrected chi connectivity index (χ2v) is 4.81. The van der Waals surface area contributed by atoms with Gasteiger partial charge in [0.1, 0.15) is 0 Å². The lowest BCUT2D eigenvalue weighted by Gasteiger charge is -2.20. The van der Waals surface area contributed by atoms with E-state index in [0.717, 1.165) is 29.6 Å². The second-order valence-electron chi connectivity index (χ2n) is 3.84. The molecule has 56 valence electrons. The lowest BCUT2D eigenvalue weighted by molar-refractivity contribution is 0.265. The highest BCUT2D eigenvalue weighted by molar-refractivity contribution is 7.95. The van der Waals surface area contributed by atoms with Crippen molar-refractivity contribution in [3.8, 4) is 0 Å². The van der Waals surface area contributed by atoms with Crippen LogP contribution in [-0.4, -0.2) is 11.9 Å². The van der Waals surface area contributed by atoms with Crippen LogP contribution >= 0.6 is 12.0 Å². The Morgan fingerprint density at radius 3 is 3.00 bits per heavy atom. The van der Waals surface area contributed by atoms with Crippen molar-refractivity contribution in [3.05, 3.63) is 0 Å². The minimum Gasteiger partial charge on any atom is -0.315 e. The molecule has 2 bridgehead atoms. The van der Waals surface area contributed by atoms with Crippen molar-refractivity contribution in [2.24, 2.45) is 17.8 Å².